The summed E-state index contributed by atoms with van der Waals surface area (Å²) in [5, 5.41) is 12.8. The van der Waals surface area contributed by atoms with Crippen molar-refractivity contribution in [2.75, 3.05) is 12.4 Å². The molecule has 84 valence electrons. The lowest BCUT2D eigenvalue weighted by Crippen LogP contribution is -2.04. The quantitative estimate of drug-likeness (QED) is 0.456. The summed E-state index contributed by atoms with van der Waals surface area (Å²) in [6, 6.07) is 2.42. The van der Waals surface area contributed by atoms with E-state index in [1.54, 1.807) is 0 Å². The van der Waals surface area contributed by atoms with Gasteiger partial charge in [-0.05, 0) is 6.07 Å². The molecule has 0 bridgehead atoms. The second-order valence-electron chi connectivity index (χ2n) is 2.75. The fraction of sp³-hybridized carbons (Fsp3) is 0.111. The van der Waals surface area contributed by atoms with E-state index < -0.39 is 10.6 Å². The zero-order valence-electron chi connectivity index (χ0n) is 8.30. The highest BCUT2D eigenvalue weighted by atomic mass is 16.6. The number of methoxy groups -OCH3 is 1. The summed E-state index contributed by atoms with van der Waals surface area (Å²) in [6.07, 6.45) is 0.670. The first-order valence-corrected chi connectivity index (χ1v) is 4.15. The second-order valence-corrected chi connectivity index (χ2v) is 2.75. The van der Waals surface area contributed by atoms with Crippen LogP contribution < -0.4 is 10.1 Å². The van der Waals surface area contributed by atoms with Crippen LogP contribution in [0.15, 0.2) is 12.1 Å². The van der Waals surface area contributed by atoms with Crippen LogP contribution in [0, 0.1) is 10.1 Å². The molecule has 0 atom stereocenters. The summed E-state index contributed by atoms with van der Waals surface area (Å²) in [6.45, 7) is 0. The van der Waals surface area contributed by atoms with Crippen LogP contribution in [-0.4, -0.2) is 24.7 Å². The van der Waals surface area contributed by atoms with Crippen molar-refractivity contribution >= 4 is 24.1 Å². The second kappa shape index (κ2) is 4.87. The molecule has 1 amide bonds. The first kappa shape index (κ1) is 11.6. The van der Waals surface area contributed by atoms with Crippen molar-refractivity contribution < 1.29 is 19.2 Å². The Hall–Kier alpha value is -2.44. The lowest BCUT2D eigenvalue weighted by atomic mass is 10.1. The lowest BCUT2D eigenvalue weighted by molar-refractivity contribution is -0.384. The number of rotatable bonds is 5. The lowest BCUT2D eigenvalue weighted by Gasteiger charge is -2.06. The maximum Gasteiger partial charge on any atom is 0.297 e. The molecule has 1 aromatic rings. The van der Waals surface area contributed by atoms with Gasteiger partial charge in [-0.1, -0.05) is 0 Å². The molecule has 0 spiro atoms. The normalized spacial score (nSPS) is 9.31. The summed E-state index contributed by atoms with van der Waals surface area (Å²) >= 11 is 0. The number of nitrogens with zero attached hydrogens (tertiary/aromatic N) is 1. The van der Waals surface area contributed by atoms with Gasteiger partial charge >= 0.3 is 0 Å². The average molecular weight is 224 g/mol. The minimum atomic E-state index is -0.707. The number of ether oxygens (including phenoxy) is 1. The van der Waals surface area contributed by atoms with Gasteiger partial charge in [0.25, 0.3) is 5.69 Å². The number of hydrogen-bond donors (Lipinski definition) is 1. The third-order valence-electron chi connectivity index (χ3n) is 1.88. The maximum absolute atomic E-state index is 10.7. The third kappa shape index (κ3) is 2.14. The Bertz CT molecular complexity index is 444. The van der Waals surface area contributed by atoms with Gasteiger partial charge in [-0.15, -0.1) is 0 Å². The number of amides is 1. The van der Waals surface area contributed by atoms with Crippen molar-refractivity contribution in [3.63, 3.8) is 0 Å². The fourth-order valence-electron chi connectivity index (χ4n) is 1.19. The molecular formula is C9H8N2O5. The number of aldehydes is 1. The fourth-order valence-corrected chi connectivity index (χ4v) is 1.19. The maximum atomic E-state index is 10.7. The van der Waals surface area contributed by atoms with Crippen molar-refractivity contribution in [2.24, 2.45) is 0 Å². The SMILES string of the molecule is COc1cc(C=O)c(NC=O)c([N+](=O)[O-])c1. The summed E-state index contributed by atoms with van der Waals surface area (Å²) in [5.74, 6) is 0.172. The zero-order valence-corrected chi connectivity index (χ0v) is 8.30. The summed E-state index contributed by atoms with van der Waals surface area (Å²) in [5.41, 5.74) is -0.553. The Kier molecular flexibility index (Phi) is 3.54. The molecule has 0 aliphatic carbocycles. The van der Waals surface area contributed by atoms with Crippen molar-refractivity contribution in [2.45, 2.75) is 0 Å². The summed E-state index contributed by atoms with van der Waals surface area (Å²) in [4.78, 5) is 31.0. The highest BCUT2D eigenvalue weighted by Gasteiger charge is 2.19. The van der Waals surface area contributed by atoms with Crippen molar-refractivity contribution in [1.29, 1.82) is 0 Å². The minimum absolute atomic E-state index is 0.0156. The van der Waals surface area contributed by atoms with E-state index in [-0.39, 0.29) is 23.4 Å². The molecule has 1 aromatic carbocycles. The predicted molar refractivity (Wildman–Crippen MR) is 54.7 cm³/mol. The number of carbonyl (C=O) groups excluding carboxylic acids is 2. The van der Waals surface area contributed by atoms with E-state index in [4.69, 9.17) is 4.74 Å². The van der Waals surface area contributed by atoms with Crippen LogP contribution in [0.1, 0.15) is 10.4 Å². The summed E-state index contributed by atoms with van der Waals surface area (Å²) < 4.78 is 4.80. The van der Waals surface area contributed by atoms with E-state index in [0.717, 1.165) is 6.07 Å². The molecule has 7 nitrogen and oxygen atoms in total. The standard InChI is InChI=1S/C9H8N2O5/c1-16-7-2-6(4-12)9(10-5-13)8(3-7)11(14)15/h2-5H,1H3,(H,10,13). The molecular weight excluding hydrogens is 216 g/mol. The Morgan fingerprint density at radius 2 is 2.12 bits per heavy atom. The van der Waals surface area contributed by atoms with Crippen molar-refractivity contribution in [3.8, 4) is 5.75 Å². The molecule has 0 unspecified atom stereocenters. The van der Waals surface area contributed by atoms with Gasteiger partial charge in [0.2, 0.25) is 6.41 Å². The zero-order chi connectivity index (χ0) is 12.1. The average Bonchev–Trinajstić information content (AvgIpc) is 2.29. The smallest absolute Gasteiger partial charge is 0.297 e. The van der Waals surface area contributed by atoms with E-state index >= 15 is 0 Å². The first-order chi connectivity index (χ1) is 7.63. The topological polar surface area (TPSA) is 98.5 Å². The molecule has 0 saturated carbocycles. The van der Waals surface area contributed by atoms with E-state index in [1.165, 1.54) is 13.2 Å². The molecule has 16 heavy (non-hydrogen) atoms. The van der Waals surface area contributed by atoms with Gasteiger partial charge in [0.15, 0.2) is 6.29 Å². The van der Waals surface area contributed by atoms with Crippen LogP contribution in [0.25, 0.3) is 0 Å². The van der Waals surface area contributed by atoms with Gasteiger partial charge in [-0.3, -0.25) is 19.7 Å². The number of nitro groups is 1. The molecule has 0 radical (unpaired) electrons. The van der Waals surface area contributed by atoms with E-state index in [9.17, 15) is 19.7 Å². The molecule has 1 rings (SSSR count). The van der Waals surface area contributed by atoms with Crippen LogP contribution in [0.5, 0.6) is 5.75 Å². The van der Waals surface area contributed by atoms with Gasteiger partial charge in [0.05, 0.1) is 18.1 Å². The molecule has 0 aromatic heterocycles. The van der Waals surface area contributed by atoms with E-state index in [2.05, 4.69) is 5.32 Å². The van der Waals surface area contributed by atoms with Gasteiger partial charge in [0, 0.05) is 5.56 Å². The first-order valence-electron chi connectivity index (χ1n) is 4.15. The van der Waals surface area contributed by atoms with Gasteiger partial charge in [-0.25, -0.2) is 0 Å². The molecule has 0 fully saturated rings. The summed E-state index contributed by atoms with van der Waals surface area (Å²) in [7, 11) is 1.32. The molecule has 0 aliphatic rings. The number of benzene rings is 1. The van der Waals surface area contributed by atoms with Crippen LogP contribution in [0.2, 0.25) is 0 Å². The number of hydrogen-bond acceptors (Lipinski definition) is 5. The number of nitrogens with one attached hydrogen (secondary N) is 1. The molecule has 0 saturated heterocycles. The van der Waals surface area contributed by atoms with Crippen LogP contribution in [0.3, 0.4) is 0 Å². The largest absolute Gasteiger partial charge is 0.496 e. The van der Waals surface area contributed by atoms with E-state index in [0.29, 0.717) is 6.29 Å². The molecule has 7 heteroatoms. The number of nitro benzene ring substituents is 1. The Labute approximate surface area is 90.2 Å². The molecule has 0 aliphatic heterocycles. The van der Waals surface area contributed by atoms with E-state index in [1.807, 2.05) is 0 Å². The Morgan fingerprint density at radius 1 is 1.44 bits per heavy atom. The monoisotopic (exact) mass is 224 g/mol. The molecule has 1 N–H and O–H groups in total. The third-order valence-corrected chi connectivity index (χ3v) is 1.88. The minimum Gasteiger partial charge on any atom is -0.496 e. The molecule has 0 heterocycles. The van der Waals surface area contributed by atoms with Crippen molar-refractivity contribution in [1.82, 2.24) is 0 Å². The van der Waals surface area contributed by atoms with Crippen molar-refractivity contribution in [3.05, 3.63) is 27.8 Å². The Balaban J connectivity index is 3.46. The number of anilines is 1. The number of carbonyl (C=O) groups is 2. The van der Waals surface area contributed by atoms with Crippen LogP contribution in [0.4, 0.5) is 11.4 Å². The van der Waals surface area contributed by atoms with Crippen LogP contribution in [-0.2, 0) is 4.79 Å². The highest BCUT2D eigenvalue weighted by Crippen LogP contribution is 2.32. The predicted octanol–water partition coefficient (Wildman–Crippen LogP) is 0.984. The van der Waals surface area contributed by atoms with Gasteiger partial charge < -0.3 is 10.1 Å². The van der Waals surface area contributed by atoms with Crippen LogP contribution >= 0.6 is 0 Å². The Morgan fingerprint density at radius 3 is 2.56 bits per heavy atom. The highest BCUT2D eigenvalue weighted by molar-refractivity contribution is 5.93. The van der Waals surface area contributed by atoms with Gasteiger partial charge in [0.1, 0.15) is 11.4 Å². The van der Waals surface area contributed by atoms with Gasteiger partial charge in [-0.2, -0.15) is 0 Å².